The first-order valence-electron chi connectivity index (χ1n) is 3.99. The summed E-state index contributed by atoms with van der Waals surface area (Å²) in [6.07, 6.45) is 6.91. The first kappa shape index (κ1) is 8.76. The van der Waals surface area contributed by atoms with Gasteiger partial charge in [0, 0.05) is 18.3 Å². The summed E-state index contributed by atoms with van der Waals surface area (Å²) in [5.74, 6) is 2.53. The van der Waals surface area contributed by atoms with E-state index in [1.165, 1.54) is 0 Å². The third-order valence-corrected chi connectivity index (χ3v) is 1.55. The van der Waals surface area contributed by atoms with Crippen molar-refractivity contribution in [1.29, 1.82) is 0 Å². The topological polar surface area (TPSA) is 24.9 Å². The van der Waals surface area contributed by atoms with Crippen molar-refractivity contribution in [3.63, 3.8) is 0 Å². The van der Waals surface area contributed by atoms with Crippen LogP contribution in [0.1, 0.15) is 18.2 Å². The summed E-state index contributed by atoms with van der Waals surface area (Å²) >= 11 is 0. The predicted molar refractivity (Wildman–Crippen MR) is 49.6 cm³/mol. The van der Waals surface area contributed by atoms with E-state index in [0.29, 0.717) is 0 Å². The van der Waals surface area contributed by atoms with Gasteiger partial charge in [-0.3, -0.25) is 4.98 Å². The number of rotatable bonds is 3. The van der Waals surface area contributed by atoms with Crippen molar-refractivity contribution in [2.75, 3.05) is 6.54 Å². The van der Waals surface area contributed by atoms with Crippen molar-refractivity contribution in [1.82, 2.24) is 10.3 Å². The van der Waals surface area contributed by atoms with Gasteiger partial charge in [0.15, 0.2) is 0 Å². The predicted octanol–water partition coefficient (Wildman–Crippen LogP) is 1.17. The summed E-state index contributed by atoms with van der Waals surface area (Å²) < 4.78 is 0. The molecule has 0 spiro atoms. The normalized spacial score (nSPS) is 9.33. The first-order valence-corrected chi connectivity index (χ1v) is 3.99. The minimum absolute atomic E-state index is 0.807. The van der Waals surface area contributed by atoms with E-state index in [2.05, 4.69) is 23.1 Å². The number of hydrogen-bond acceptors (Lipinski definition) is 2. The Morgan fingerprint density at radius 3 is 2.92 bits per heavy atom. The van der Waals surface area contributed by atoms with Crippen LogP contribution in [0.25, 0.3) is 0 Å². The fourth-order valence-electron chi connectivity index (χ4n) is 0.868. The van der Waals surface area contributed by atoms with Gasteiger partial charge in [-0.05, 0) is 18.7 Å². The second kappa shape index (κ2) is 4.53. The van der Waals surface area contributed by atoms with E-state index >= 15 is 0 Å². The summed E-state index contributed by atoms with van der Waals surface area (Å²) in [6, 6.07) is 3.84. The van der Waals surface area contributed by atoms with Gasteiger partial charge in [-0.25, -0.2) is 0 Å². The monoisotopic (exact) mass is 160 g/mol. The largest absolute Gasteiger partial charge is 0.311 e. The molecule has 12 heavy (non-hydrogen) atoms. The molecule has 0 amide bonds. The highest BCUT2D eigenvalue weighted by Crippen LogP contribution is 1.97. The molecule has 0 unspecified atom stereocenters. The molecule has 1 aromatic rings. The summed E-state index contributed by atoms with van der Waals surface area (Å²) in [4.78, 5) is 4.18. The Kier molecular flexibility index (Phi) is 3.31. The molecule has 0 saturated carbocycles. The summed E-state index contributed by atoms with van der Waals surface area (Å²) in [5.41, 5.74) is 1.85. The van der Waals surface area contributed by atoms with Gasteiger partial charge in [0.1, 0.15) is 0 Å². The molecule has 0 saturated heterocycles. The van der Waals surface area contributed by atoms with E-state index in [0.717, 1.165) is 24.3 Å². The standard InChI is InChI=1S/C10H12N2/c1-3-9-5-6-10(12-7-9)8-11-4-2/h1,5-7,11H,4,8H2,2H3. The Labute approximate surface area is 73.0 Å². The fourth-order valence-corrected chi connectivity index (χ4v) is 0.868. The Morgan fingerprint density at radius 1 is 1.58 bits per heavy atom. The quantitative estimate of drug-likeness (QED) is 0.671. The first-order chi connectivity index (χ1) is 5.86. The van der Waals surface area contributed by atoms with Gasteiger partial charge in [-0.2, -0.15) is 0 Å². The van der Waals surface area contributed by atoms with Gasteiger partial charge < -0.3 is 5.32 Å². The van der Waals surface area contributed by atoms with Crippen LogP contribution in [0.3, 0.4) is 0 Å². The van der Waals surface area contributed by atoms with Gasteiger partial charge in [-0.15, -0.1) is 6.42 Å². The van der Waals surface area contributed by atoms with Crippen LogP contribution in [0.15, 0.2) is 18.3 Å². The molecule has 62 valence electrons. The Hall–Kier alpha value is -1.33. The van der Waals surface area contributed by atoms with E-state index in [1.807, 2.05) is 12.1 Å². The molecular formula is C10H12N2. The van der Waals surface area contributed by atoms with Gasteiger partial charge in [0.05, 0.1) is 5.69 Å². The zero-order valence-electron chi connectivity index (χ0n) is 7.17. The molecule has 0 atom stereocenters. The second-order valence-corrected chi connectivity index (χ2v) is 2.46. The lowest BCUT2D eigenvalue weighted by Gasteiger charge is -1.99. The van der Waals surface area contributed by atoms with E-state index in [4.69, 9.17) is 6.42 Å². The van der Waals surface area contributed by atoms with Gasteiger partial charge in [0.25, 0.3) is 0 Å². The van der Waals surface area contributed by atoms with Crippen molar-refractivity contribution in [3.05, 3.63) is 29.6 Å². The fraction of sp³-hybridized carbons (Fsp3) is 0.300. The van der Waals surface area contributed by atoms with Crippen molar-refractivity contribution in [3.8, 4) is 12.3 Å². The molecule has 1 heterocycles. The summed E-state index contributed by atoms with van der Waals surface area (Å²) in [6.45, 7) is 3.83. The van der Waals surface area contributed by atoms with Crippen molar-refractivity contribution < 1.29 is 0 Å². The Morgan fingerprint density at radius 2 is 2.42 bits per heavy atom. The molecular weight excluding hydrogens is 148 g/mol. The zero-order valence-corrected chi connectivity index (χ0v) is 7.17. The summed E-state index contributed by atoms with van der Waals surface area (Å²) in [7, 11) is 0. The van der Waals surface area contributed by atoms with Crippen LogP contribution in [0.5, 0.6) is 0 Å². The van der Waals surface area contributed by atoms with Crippen LogP contribution in [0, 0.1) is 12.3 Å². The maximum atomic E-state index is 5.19. The molecule has 0 aliphatic carbocycles. The average Bonchev–Trinajstić information content (AvgIpc) is 2.15. The average molecular weight is 160 g/mol. The smallest absolute Gasteiger partial charge is 0.0542 e. The number of hydrogen-bond donors (Lipinski definition) is 1. The van der Waals surface area contributed by atoms with Crippen molar-refractivity contribution in [2.45, 2.75) is 13.5 Å². The van der Waals surface area contributed by atoms with Crippen LogP contribution in [-0.4, -0.2) is 11.5 Å². The van der Waals surface area contributed by atoms with E-state index in [1.54, 1.807) is 6.20 Å². The van der Waals surface area contributed by atoms with Crippen LogP contribution in [-0.2, 0) is 6.54 Å². The van der Waals surface area contributed by atoms with Crippen molar-refractivity contribution in [2.24, 2.45) is 0 Å². The number of terminal acetylenes is 1. The molecule has 0 aromatic carbocycles. The SMILES string of the molecule is C#Cc1ccc(CNCC)nc1. The molecule has 0 fully saturated rings. The van der Waals surface area contributed by atoms with E-state index < -0.39 is 0 Å². The van der Waals surface area contributed by atoms with Crippen LogP contribution < -0.4 is 5.32 Å². The molecule has 0 aliphatic heterocycles. The highest BCUT2D eigenvalue weighted by molar-refractivity contribution is 5.29. The van der Waals surface area contributed by atoms with Crippen LogP contribution in [0.4, 0.5) is 0 Å². The minimum Gasteiger partial charge on any atom is -0.311 e. The highest BCUT2D eigenvalue weighted by atomic mass is 14.9. The molecule has 1 N–H and O–H groups in total. The minimum atomic E-state index is 0.807. The lowest BCUT2D eigenvalue weighted by molar-refractivity contribution is 0.710. The second-order valence-electron chi connectivity index (χ2n) is 2.46. The maximum absolute atomic E-state index is 5.19. The highest BCUT2D eigenvalue weighted by Gasteiger charge is 1.91. The molecule has 1 rings (SSSR count). The van der Waals surface area contributed by atoms with Crippen LogP contribution in [0.2, 0.25) is 0 Å². The number of nitrogens with one attached hydrogen (secondary N) is 1. The molecule has 0 aliphatic rings. The van der Waals surface area contributed by atoms with Crippen molar-refractivity contribution >= 4 is 0 Å². The molecule has 2 heteroatoms. The number of aromatic nitrogens is 1. The molecule has 1 aromatic heterocycles. The van der Waals surface area contributed by atoms with E-state index in [9.17, 15) is 0 Å². The third-order valence-electron chi connectivity index (χ3n) is 1.55. The Bertz CT molecular complexity index is 269. The van der Waals surface area contributed by atoms with Gasteiger partial charge >= 0.3 is 0 Å². The lowest BCUT2D eigenvalue weighted by Crippen LogP contribution is -2.12. The third kappa shape index (κ3) is 2.37. The summed E-state index contributed by atoms with van der Waals surface area (Å²) in [5, 5.41) is 3.19. The van der Waals surface area contributed by atoms with Crippen LogP contribution >= 0.6 is 0 Å². The van der Waals surface area contributed by atoms with Gasteiger partial charge in [0.2, 0.25) is 0 Å². The van der Waals surface area contributed by atoms with E-state index in [-0.39, 0.29) is 0 Å². The number of nitrogens with zero attached hydrogens (tertiary/aromatic N) is 1. The maximum Gasteiger partial charge on any atom is 0.0542 e. The molecule has 2 nitrogen and oxygen atoms in total. The number of pyridine rings is 1. The zero-order chi connectivity index (χ0) is 8.81. The lowest BCUT2D eigenvalue weighted by atomic mass is 10.2. The Balaban J connectivity index is 2.60. The molecule has 0 bridgehead atoms. The van der Waals surface area contributed by atoms with Gasteiger partial charge in [-0.1, -0.05) is 12.8 Å². The molecule has 0 radical (unpaired) electrons.